The third-order valence-corrected chi connectivity index (χ3v) is 1.44. The van der Waals surface area contributed by atoms with Gasteiger partial charge in [0.25, 0.3) is 0 Å². The molecule has 1 heterocycles. The lowest BCUT2D eigenvalue weighted by Crippen LogP contribution is -2.21. The standard InChI is InChI=1S/C7H8N2OS/c1-5(10)9-6-2-3-7(11)8-4-6/h2,4H,3H2,1H3,(H,9,10). The highest BCUT2D eigenvalue weighted by molar-refractivity contribution is 7.80. The Morgan fingerprint density at radius 1 is 1.82 bits per heavy atom. The Kier molecular flexibility index (Phi) is 2.48. The summed E-state index contributed by atoms with van der Waals surface area (Å²) in [5.41, 5.74) is 0.728. The van der Waals surface area contributed by atoms with Gasteiger partial charge in [-0.25, -0.2) is 4.99 Å². The summed E-state index contributed by atoms with van der Waals surface area (Å²) in [6, 6.07) is 0. The number of carbonyl (C=O) groups excluding carboxylic acids is 1. The number of allylic oxidation sites excluding steroid dienone is 1. The molecule has 1 aliphatic rings. The number of hydrogen-bond donors (Lipinski definition) is 1. The molecule has 0 aliphatic carbocycles. The minimum absolute atomic E-state index is 0.0875. The molecule has 0 aromatic heterocycles. The number of nitrogens with one attached hydrogen (secondary N) is 1. The molecule has 4 heteroatoms. The van der Waals surface area contributed by atoms with Crippen molar-refractivity contribution in [2.24, 2.45) is 4.99 Å². The molecule has 1 rings (SSSR count). The molecule has 0 saturated carbocycles. The fraction of sp³-hybridized carbons (Fsp3) is 0.286. The van der Waals surface area contributed by atoms with Crippen LogP contribution in [0.1, 0.15) is 13.3 Å². The van der Waals surface area contributed by atoms with Gasteiger partial charge < -0.3 is 5.32 Å². The SMILES string of the molecule is CC(=O)NC1=CCC(=S)N=C1. The quantitative estimate of drug-likeness (QED) is 0.589. The second-order valence-corrected chi connectivity index (χ2v) is 2.67. The highest BCUT2D eigenvalue weighted by Gasteiger charge is 2.01. The number of thiocarbonyl (C=S) groups is 1. The summed E-state index contributed by atoms with van der Waals surface area (Å²) in [5.74, 6) is -0.0875. The van der Waals surface area contributed by atoms with Crippen molar-refractivity contribution in [2.75, 3.05) is 0 Å². The minimum atomic E-state index is -0.0875. The molecule has 0 radical (unpaired) electrons. The van der Waals surface area contributed by atoms with Crippen LogP contribution in [0.4, 0.5) is 0 Å². The first-order valence-corrected chi connectivity index (χ1v) is 3.64. The van der Waals surface area contributed by atoms with Crippen LogP contribution in [0, 0.1) is 0 Å². The Morgan fingerprint density at radius 2 is 2.55 bits per heavy atom. The molecule has 0 fully saturated rings. The molecule has 1 amide bonds. The normalized spacial score (nSPS) is 16.1. The monoisotopic (exact) mass is 168 g/mol. The third kappa shape index (κ3) is 2.59. The van der Waals surface area contributed by atoms with Crippen LogP contribution in [-0.4, -0.2) is 17.1 Å². The lowest BCUT2D eigenvalue weighted by Gasteiger charge is -2.05. The Labute approximate surface area is 70.2 Å². The van der Waals surface area contributed by atoms with E-state index < -0.39 is 0 Å². The molecule has 3 nitrogen and oxygen atoms in total. The molecule has 1 N–H and O–H groups in total. The third-order valence-electron chi connectivity index (χ3n) is 1.16. The largest absolute Gasteiger partial charge is 0.325 e. The highest BCUT2D eigenvalue weighted by Crippen LogP contribution is 2.00. The molecule has 58 valence electrons. The molecular weight excluding hydrogens is 160 g/mol. The maximum absolute atomic E-state index is 10.5. The summed E-state index contributed by atoms with van der Waals surface area (Å²) < 4.78 is 0. The van der Waals surface area contributed by atoms with Gasteiger partial charge in [0.2, 0.25) is 5.91 Å². The lowest BCUT2D eigenvalue weighted by atomic mass is 10.3. The van der Waals surface area contributed by atoms with Crippen LogP contribution < -0.4 is 5.32 Å². The number of rotatable bonds is 1. The summed E-state index contributed by atoms with van der Waals surface area (Å²) in [4.78, 5) is 15.1. The summed E-state index contributed by atoms with van der Waals surface area (Å²) in [6.45, 7) is 1.46. The van der Waals surface area contributed by atoms with Crippen molar-refractivity contribution >= 4 is 29.3 Å². The van der Waals surface area contributed by atoms with Crippen LogP contribution in [0.3, 0.4) is 0 Å². The minimum Gasteiger partial charge on any atom is -0.325 e. The summed E-state index contributed by atoms with van der Waals surface area (Å²) in [5, 5.41) is 2.62. The zero-order valence-electron chi connectivity index (χ0n) is 6.13. The molecule has 0 spiro atoms. The fourth-order valence-electron chi connectivity index (χ4n) is 0.731. The van der Waals surface area contributed by atoms with E-state index in [0.29, 0.717) is 11.4 Å². The molecule has 1 aliphatic heterocycles. The first kappa shape index (κ1) is 8.07. The number of dihydropyridines is 1. The van der Waals surface area contributed by atoms with Crippen molar-refractivity contribution in [1.29, 1.82) is 0 Å². The van der Waals surface area contributed by atoms with Gasteiger partial charge in [-0.2, -0.15) is 0 Å². The summed E-state index contributed by atoms with van der Waals surface area (Å²) >= 11 is 4.82. The second-order valence-electron chi connectivity index (χ2n) is 2.20. The number of hydrogen-bond acceptors (Lipinski definition) is 2. The van der Waals surface area contributed by atoms with E-state index in [1.165, 1.54) is 6.92 Å². The van der Waals surface area contributed by atoms with Crippen molar-refractivity contribution in [2.45, 2.75) is 13.3 Å². The molecule has 0 bridgehead atoms. The van der Waals surface area contributed by atoms with Crippen LogP contribution >= 0.6 is 12.2 Å². The van der Waals surface area contributed by atoms with Crippen molar-refractivity contribution in [3.63, 3.8) is 0 Å². The van der Waals surface area contributed by atoms with Gasteiger partial charge in [0, 0.05) is 13.3 Å². The van der Waals surface area contributed by atoms with Crippen LogP contribution in [0.15, 0.2) is 16.8 Å². The van der Waals surface area contributed by atoms with Gasteiger partial charge in [0.15, 0.2) is 0 Å². The molecular formula is C7H8N2OS. The maximum Gasteiger partial charge on any atom is 0.221 e. The molecule has 0 saturated heterocycles. The van der Waals surface area contributed by atoms with E-state index in [0.717, 1.165) is 5.70 Å². The van der Waals surface area contributed by atoms with Gasteiger partial charge in [0.1, 0.15) is 4.99 Å². The van der Waals surface area contributed by atoms with E-state index in [2.05, 4.69) is 10.3 Å². The lowest BCUT2D eigenvalue weighted by molar-refractivity contribution is -0.118. The van der Waals surface area contributed by atoms with E-state index in [1.54, 1.807) is 6.21 Å². The second kappa shape index (κ2) is 3.39. The first-order chi connectivity index (χ1) is 5.18. The van der Waals surface area contributed by atoms with Crippen LogP contribution in [0.2, 0.25) is 0 Å². The van der Waals surface area contributed by atoms with Gasteiger partial charge in [-0.3, -0.25) is 4.79 Å². The maximum atomic E-state index is 10.5. The first-order valence-electron chi connectivity index (χ1n) is 3.23. The summed E-state index contributed by atoms with van der Waals surface area (Å²) in [7, 11) is 0. The number of amides is 1. The predicted molar refractivity (Wildman–Crippen MR) is 47.6 cm³/mol. The summed E-state index contributed by atoms with van der Waals surface area (Å²) in [6.07, 6.45) is 4.05. The zero-order valence-corrected chi connectivity index (χ0v) is 6.94. The fourth-order valence-corrected chi connectivity index (χ4v) is 0.867. The molecule has 0 aromatic rings. The Balaban J connectivity index is 2.56. The van der Waals surface area contributed by atoms with E-state index in [1.807, 2.05) is 6.08 Å². The van der Waals surface area contributed by atoms with E-state index in [-0.39, 0.29) is 5.91 Å². The molecule has 0 atom stereocenters. The van der Waals surface area contributed by atoms with E-state index >= 15 is 0 Å². The number of aliphatic imine (C=N–C) groups is 1. The average Bonchev–Trinajstić information content (AvgIpc) is 1.93. The van der Waals surface area contributed by atoms with E-state index in [4.69, 9.17) is 12.2 Å². The molecule has 0 aromatic carbocycles. The Morgan fingerprint density at radius 3 is 3.00 bits per heavy atom. The molecule has 0 unspecified atom stereocenters. The topological polar surface area (TPSA) is 41.5 Å². The van der Waals surface area contributed by atoms with Gasteiger partial charge in [-0.1, -0.05) is 18.3 Å². The molecule has 11 heavy (non-hydrogen) atoms. The van der Waals surface area contributed by atoms with E-state index in [9.17, 15) is 4.79 Å². The Hall–Kier alpha value is -1.03. The predicted octanol–water partition coefficient (Wildman–Crippen LogP) is 0.808. The smallest absolute Gasteiger partial charge is 0.221 e. The van der Waals surface area contributed by atoms with Crippen molar-refractivity contribution in [3.8, 4) is 0 Å². The van der Waals surface area contributed by atoms with Crippen LogP contribution in [0.5, 0.6) is 0 Å². The van der Waals surface area contributed by atoms with Gasteiger partial charge >= 0.3 is 0 Å². The van der Waals surface area contributed by atoms with Crippen LogP contribution in [0.25, 0.3) is 0 Å². The van der Waals surface area contributed by atoms with Gasteiger partial charge in [-0.05, 0) is 0 Å². The zero-order chi connectivity index (χ0) is 8.27. The van der Waals surface area contributed by atoms with Crippen molar-refractivity contribution in [1.82, 2.24) is 5.32 Å². The average molecular weight is 168 g/mol. The van der Waals surface area contributed by atoms with Crippen molar-refractivity contribution < 1.29 is 4.79 Å². The van der Waals surface area contributed by atoms with Crippen molar-refractivity contribution in [3.05, 3.63) is 11.8 Å². The van der Waals surface area contributed by atoms with Gasteiger partial charge in [-0.15, -0.1) is 0 Å². The van der Waals surface area contributed by atoms with Gasteiger partial charge in [0.05, 0.1) is 11.9 Å². The number of carbonyl (C=O) groups is 1. The Bertz CT molecular complexity index is 255. The van der Waals surface area contributed by atoms with Crippen LogP contribution in [-0.2, 0) is 4.79 Å². The number of nitrogens with zero attached hydrogens (tertiary/aromatic N) is 1. The highest BCUT2D eigenvalue weighted by atomic mass is 32.1.